The van der Waals surface area contributed by atoms with E-state index in [4.69, 9.17) is 0 Å². The van der Waals surface area contributed by atoms with E-state index >= 15 is 0 Å². The van der Waals surface area contributed by atoms with Gasteiger partial charge in [0, 0.05) is 37.8 Å². The van der Waals surface area contributed by atoms with Gasteiger partial charge in [-0.1, -0.05) is 12.1 Å². The molecule has 0 radical (unpaired) electrons. The molecule has 3 rings (SSSR count). The molecule has 22 heavy (non-hydrogen) atoms. The van der Waals surface area contributed by atoms with Gasteiger partial charge in [-0.25, -0.2) is 0 Å². The van der Waals surface area contributed by atoms with Crippen molar-refractivity contribution < 1.29 is 9.59 Å². The summed E-state index contributed by atoms with van der Waals surface area (Å²) in [6.45, 7) is 2.23. The molecule has 1 fully saturated rings. The molecule has 1 aliphatic rings. The van der Waals surface area contributed by atoms with Crippen LogP contribution in [-0.2, 0) is 16.0 Å². The first kappa shape index (κ1) is 14.6. The van der Waals surface area contributed by atoms with E-state index < -0.39 is 0 Å². The standard InChI is InChI=1S/C17H21N3O2/c21-16(19-7-2-10-20-9-1-3-17(20)22)12-13-4-5-14-6-8-18-15(14)11-13/h4-6,8,11,18H,1-3,7,9-10,12H2,(H,19,21). The number of rotatable bonds is 6. The lowest BCUT2D eigenvalue weighted by atomic mass is 10.1. The second kappa shape index (κ2) is 6.64. The first-order valence-electron chi connectivity index (χ1n) is 7.83. The number of nitrogens with zero attached hydrogens (tertiary/aromatic N) is 1. The Morgan fingerprint density at radius 3 is 3.05 bits per heavy atom. The van der Waals surface area contributed by atoms with Gasteiger partial charge >= 0.3 is 0 Å². The molecular formula is C17H21N3O2. The second-order valence-electron chi connectivity index (χ2n) is 5.76. The number of H-pyrrole nitrogens is 1. The first-order chi connectivity index (χ1) is 10.7. The summed E-state index contributed by atoms with van der Waals surface area (Å²) in [6, 6.07) is 8.03. The van der Waals surface area contributed by atoms with Crippen LogP contribution in [0.2, 0.25) is 0 Å². The molecule has 116 valence electrons. The second-order valence-corrected chi connectivity index (χ2v) is 5.76. The molecule has 5 nitrogen and oxygen atoms in total. The highest BCUT2D eigenvalue weighted by Gasteiger charge is 2.18. The zero-order valence-corrected chi connectivity index (χ0v) is 12.6. The van der Waals surface area contributed by atoms with E-state index in [9.17, 15) is 9.59 Å². The molecular weight excluding hydrogens is 278 g/mol. The Balaban J connectivity index is 1.41. The van der Waals surface area contributed by atoms with Crippen LogP contribution in [0, 0.1) is 0 Å². The van der Waals surface area contributed by atoms with Crippen LogP contribution in [0.15, 0.2) is 30.5 Å². The van der Waals surface area contributed by atoms with Crippen molar-refractivity contribution >= 4 is 22.7 Å². The SMILES string of the molecule is O=C(Cc1ccc2cc[nH]c2c1)NCCCN1CCCC1=O. The van der Waals surface area contributed by atoms with Crippen LogP contribution < -0.4 is 5.32 Å². The molecule has 2 N–H and O–H groups in total. The molecule has 1 aromatic heterocycles. The summed E-state index contributed by atoms with van der Waals surface area (Å²) in [6.07, 6.45) is 4.74. The Kier molecular flexibility index (Phi) is 4.42. The average Bonchev–Trinajstić information content (AvgIpc) is 3.12. The molecule has 1 aliphatic heterocycles. The van der Waals surface area contributed by atoms with E-state index in [1.165, 1.54) is 0 Å². The highest BCUT2D eigenvalue weighted by Crippen LogP contribution is 2.14. The molecule has 0 spiro atoms. The normalized spacial score (nSPS) is 14.7. The maximum absolute atomic E-state index is 11.9. The minimum absolute atomic E-state index is 0.0265. The smallest absolute Gasteiger partial charge is 0.224 e. The van der Waals surface area contributed by atoms with Crippen molar-refractivity contribution in [3.8, 4) is 0 Å². The number of fused-ring (bicyclic) bond motifs is 1. The number of nitrogens with one attached hydrogen (secondary N) is 2. The monoisotopic (exact) mass is 299 g/mol. The summed E-state index contributed by atoms with van der Waals surface area (Å²) in [5, 5.41) is 4.08. The summed E-state index contributed by atoms with van der Waals surface area (Å²) < 4.78 is 0. The number of aromatic nitrogens is 1. The number of hydrogen-bond acceptors (Lipinski definition) is 2. The average molecular weight is 299 g/mol. The molecule has 0 bridgehead atoms. The van der Waals surface area contributed by atoms with Crippen LogP contribution in [0.3, 0.4) is 0 Å². The van der Waals surface area contributed by atoms with Crippen LogP contribution in [0.1, 0.15) is 24.8 Å². The number of aromatic amines is 1. The summed E-state index contributed by atoms with van der Waals surface area (Å²) in [7, 11) is 0. The number of carbonyl (C=O) groups is 2. The van der Waals surface area contributed by atoms with Gasteiger partial charge in [0.1, 0.15) is 0 Å². The summed E-state index contributed by atoms with van der Waals surface area (Å²) in [4.78, 5) is 28.4. The first-order valence-corrected chi connectivity index (χ1v) is 7.83. The highest BCUT2D eigenvalue weighted by atomic mass is 16.2. The number of likely N-dealkylation sites (tertiary alicyclic amines) is 1. The third-order valence-corrected chi connectivity index (χ3v) is 4.08. The number of benzene rings is 1. The minimum atomic E-state index is 0.0265. The molecule has 2 heterocycles. The lowest BCUT2D eigenvalue weighted by Gasteiger charge is -2.15. The Morgan fingerprint density at radius 2 is 2.23 bits per heavy atom. The summed E-state index contributed by atoms with van der Waals surface area (Å²) >= 11 is 0. The van der Waals surface area contributed by atoms with E-state index in [0.29, 0.717) is 19.4 Å². The van der Waals surface area contributed by atoms with Crippen LogP contribution in [0.25, 0.3) is 10.9 Å². The Hall–Kier alpha value is -2.30. The third-order valence-electron chi connectivity index (χ3n) is 4.08. The maximum Gasteiger partial charge on any atom is 0.224 e. The van der Waals surface area contributed by atoms with Gasteiger partial charge in [0.25, 0.3) is 0 Å². The van der Waals surface area contributed by atoms with Crippen molar-refractivity contribution in [2.45, 2.75) is 25.7 Å². The summed E-state index contributed by atoms with van der Waals surface area (Å²) in [5.41, 5.74) is 2.06. The fourth-order valence-electron chi connectivity index (χ4n) is 2.89. The minimum Gasteiger partial charge on any atom is -0.361 e. The molecule has 0 aliphatic carbocycles. The van der Waals surface area contributed by atoms with E-state index in [1.807, 2.05) is 35.4 Å². The van der Waals surface area contributed by atoms with E-state index in [2.05, 4.69) is 10.3 Å². The van der Waals surface area contributed by atoms with Crippen LogP contribution >= 0.6 is 0 Å². The van der Waals surface area contributed by atoms with Crippen molar-refractivity contribution in [1.29, 1.82) is 0 Å². The molecule has 0 unspecified atom stereocenters. The molecule has 0 atom stereocenters. The molecule has 1 saturated heterocycles. The van der Waals surface area contributed by atoms with Gasteiger partial charge in [-0.05, 0) is 35.9 Å². The largest absolute Gasteiger partial charge is 0.361 e. The van der Waals surface area contributed by atoms with E-state index in [1.54, 1.807) is 0 Å². The number of hydrogen-bond donors (Lipinski definition) is 2. The van der Waals surface area contributed by atoms with Gasteiger partial charge in [-0.15, -0.1) is 0 Å². The molecule has 0 saturated carbocycles. The van der Waals surface area contributed by atoms with Gasteiger partial charge < -0.3 is 15.2 Å². The van der Waals surface area contributed by atoms with Gasteiger partial charge in [0.2, 0.25) is 11.8 Å². The lowest BCUT2D eigenvalue weighted by Crippen LogP contribution is -2.31. The predicted molar refractivity (Wildman–Crippen MR) is 85.4 cm³/mol. The zero-order chi connectivity index (χ0) is 15.4. The van der Waals surface area contributed by atoms with Gasteiger partial charge in [0.15, 0.2) is 0 Å². The molecule has 5 heteroatoms. The van der Waals surface area contributed by atoms with Crippen molar-refractivity contribution in [1.82, 2.24) is 15.2 Å². The predicted octanol–water partition coefficient (Wildman–Crippen LogP) is 1.84. The Labute approximate surface area is 129 Å². The van der Waals surface area contributed by atoms with Gasteiger partial charge in [-0.3, -0.25) is 9.59 Å². The van der Waals surface area contributed by atoms with Crippen LogP contribution in [-0.4, -0.2) is 41.3 Å². The lowest BCUT2D eigenvalue weighted by molar-refractivity contribution is -0.127. The summed E-state index contributed by atoms with van der Waals surface area (Å²) in [5.74, 6) is 0.268. The Morgan fingerprint density at radius 1 is 1.32 bits per heavy atom. The van der Waals surface area contributed by atoms with E-state index in [0.717, 1.165) is 42.4 Å². The van der Waals surface area contributed by atoms with Gasteiger partial charge in [-0.2, -0.15) is 0 Å². The fraction of sp³-hybridized carbons (Fsp3) is 0.412. The Bertz CT molecular complexity index is 677. The van der Waals surface area contributed by atoms with Crippen molar-refractivity contribution in [3.05, 3.63) is 36.0 Å². The maximum atomic E-state index is 11.9. The molecule has 2 amide bonds. The quantitative estimate of drug-likeness (QED) is 0.799. The van der Waals surface area contributed by atoms with E-state index in [-0.39, 0.29) is 11.8 Å². The number of carbonyl (C=O) groups excluding carboxylic acids is 2. The van der Waals surface area contributed by atoms with Crippen molar-refractivity contribution in [2.24, 2.45) is 0 Å². The van der Waals surface area contributed by atoms with Gasteiger partial charge in [0.05, 0.1) is 6.42 Å². The third kappa shape index (κ3) is 3.47. The molecule has 1 aromatic carbocycles. The fourth-order valence-corrected chi connectivity index (χ4v) is 2.89. The topological polar surface area (TPSA) is 65.2 Å². The van der Waals surface area contributed by atoms with Crippen LogP contribution in [0.4, 0.5) is 0 Å². The van der Waals surface area contributed by atoms with Crippen LogP contribution in [0.5, 0.6) is 0 Å². The zero-order valence-electron chi connectivity index (χ0n) is 12.6. The van der Waals surface area contributed by atoms with Crippen molar-refractivity contribution in [2.75, 3.05) is 19.6 Å². The van der Waals surface area contributed by atoms with Crippen molar-refractivity contribution in [3.63, 3.8) is 0 Å². The number of amides is 2. The molecule has 2 aromatic rings. The highest BCUT2D eigenvalue weighted by molar-refractivity contribution is 5.83.